The maximum atomic E-state index is 6.07. The van der Waals surface area contributed by atoms with Crippen LogP contribution < -0.4 is 10.5 Å². The van der Waals surface area contributed by atoms with Crippen LogP contribution in [0.5, 0.6) is 11.5 Å². The standard InChI is InChI=1S/C14H11ClN2O/c15-12-8-10(16)1-4-14(12)18-11-2-3-13-9(7-11)5-6-17-13/h1-8,17H,16H2. The van der Waals surface area contributed by atoms with Gasteiger partial charge >= 0.3 is 0 Å². The number of nitrogens with one attached hydrogen (secondary N) is 1. The van der Waals surface area contributed by atoms with Crippen LogP contribution in [0, 0.1) is 0 Å². The van der Waals surface area contributed by atoms with Gasteiger partial charge in [-0.3, -0.25) is 0 Å². The van der Waals surface area contributed by atoms with Crippen molar-refractivity contribution in [2.24, 2.45) is 0 Å². The zero-order valence-electron chi connectivity index (χ0n) is 9.48. The van der Waals surface area contributed by atoms with Gasteiger partial charge in [0.25, 0.3) is 0 Å². The summed E-state index contributed by atoms with van der Waals surface area (Å²) in [4.78, 5) is 3.13. The normalized spacial score (nSPS) is 10.7. The van der Waals surface area contributed by atoms with Crippen molar-refractivity contribution in [3.63, 3.8) is 0 Å². The van der Waals surface area contributed by atoms with E-state index in [1.54, 1.807) is 18.2 Å². The number of rotatable bonds is 2. The number of benzene rings is 2. The Morgan fingerprint density at radius 2 is 1.94 bits per heavy atom. The minimum Gasteiger partial charge on any atom is -0.456 e. The lowest BCUT2D eigenvalue weighted by Crippen LogP contribution is -1.88. The third-order valence-electron chi connectivity index (χ3n) is 2.71. The molecule has 3 nitrogen and oxygen atoms in total. The van der Waals surface area contributed by atoms with E-state index in [1.165, 1.54) is 0 Å². The second-order valence-electron chi connectivity index (χ2n) is 4.02. The molecule has 0 saturated carbocycles. The topological polar surface area (TPSA) is 51.0 Å². The van der Waals surface area contributed by atoms with Crippen molar-refractivity contribution in [1.29, 1.82) is 0 Å². The third-order valence-corrected chi connectivity index (χ3v) is 3.00. The first-order chi connectivity index (χ1) is 8.72. The molecule has 0 spiro atoms. The van der Waals surface area contributed by atoms with E-state index in [0.29, 0.717) is 16.5 Å². The summed E-state index contributed by atoms with van der Waals surface area (Å²) in [5.74, 6) is 1.34. The largest absolute Gasteiger partial charge is 0.456 e. The fourth-order valence-electron chi connectivity index (χ4n) is 1.82. The van der Waals surface area contributed by atoms with Gasteiger partial charge in [0.1, 0.15) is 11.5 Å². The highest BCUT2D eigenvalue weighted by Crippen LogP contribution is 2.31. The van der Waals surface area contributed by atoms with E-state index in [1.807, 2.05) is 30.5 Å². The Kier molecular flexibility index (Phi) is 2.61. The van der Waals surface area contributed by atoms with Gasteiger partial charge in [-0.05, 0) is 42.5 Å². The Morgan fingerprint density at radius 1 is 1.06 bits per heavy atom. The summed E-state index contributed by atoms with van der Waals surface area (Å²) in [5.41, 5.74) is 7.33. The van der Waals surface area contributed by atoms with Crippen molar-refractivity contribution >= 4 is 28.2 Å². The SMILES string of the molecule is Nc1ccc(Oc2ccc3[nH]ccc3c2)c(Cl)c1. The van der Waals surface area contributed by atoms with Crippen LogP contribution in [-0.4, -0.2) is 4.98 Å². The predicted molar refractivity (Wildman–Crippen MR) is 74.2 cm³/mol. The molecule has 3 N–H and O–H groups in total. The van der Waals surface area contributed by atoms with Crippen LogP contribution in [0.1, 0.15) is 0 Å². The average Bonchev–Trinajstić information content (AvgIpc) is 2.80. The van der Waals surface area contributed by atoms with E-state index in [4.69, 9.17) is 22.1 Å². The molecule has 3 aromatic rings. The van der Waals surface area contributed by atoms with Crippen LogP contribution in [0.25, 0.3) is 10.9 Å². The zero-order valence-corrected chi connectivity index (χ0v) is 10.2. The number of aromatic nitrogens is 1. The van der Waals surface area contributed by atoms with Crippen molar-refractivity contribution in [3.05, 3.63) is 53.7 Å². The number of anilines is 1. The van der Waals surface area contributed by atoms with Gasteiger partial charge in [-0.1, -0.05) is 11.6 Å². The Morgan fingerprint density at radius 3 is 2.78 bits per heavy atom. The molecule has 0 amide bonds. The summed E-state index contributed by atoms with van der Waals surface area (Å²) in [6.07, 6.45) is 1.89. The van der Waals surface area contributed by atoms with Gasteiger partial charge in [0.15, 0.2) is 0 Å². The van der Waals surface area contributed by atoms with Gasteiger partial charge in [-0.2, -0.15) is 0 Å². The highest BCUT2D eigenvalue weighted by Gasteiger charge is 2.04. The molecule has 90 valence electrons. The highest BCUT2D eigenvalue weighted by atomic mass is 35.5. The Bertz CT molecular complexity index is 706. The summed E-state index contributed by atoms with van der Waals surface area (Å²) >= 11 is 6.07. The molecule has 0 aliphatic carbocycles. The monoisotopic (exact) mass is 258 g/mol. The second-order valence-corrected chi connectivity index (χ2v) is 4.43. The number of nitrogen functional groups attached to an aromatic ring is 1. The highest BCUT2D eigenvalue weighted by molar-refractivity contribution is 6.32. The maximum absolute atomic E-state index is 6.07. The van der Waals surface area contributed by atoms with Crippen LogP contribution in [0.2, 0.25) is 5.02 Å². The molecule has 18 heavy (non-hydrogen) atoms. The fraction of sp³-hybridized carbons (Fsp3) is 0. The Hall–Kier alpha value is -2.13. The molecule has 1 heterocycles. The van der Waals surface area contributed by atoms with E-state index < -0.39 is 0 Å². The minimum atomic E-state index is 0.504. The molecule has 0 saturated heterocycles. The predicted octanol–water partition coefficient (Wildman–Crippen LogP) is 4.20. The Balaban J connectivity index is 1.95. The summed E-state index contributed by atoms with van der Waals surface area (Å²) in [7, 11) is 0. The van der Waals surface area contributed by atoms with Gasteiger partial charge in [-0.25, -0.2) is 0 Å². The molecule has 2 aromatic carbocycles. The maximum Gasteiger partial charge on any atom is 0.146 e. The first-order valence-corrected chi connectivity index (χ1v) is 5.90. The van der Waals surface area contributed by atoms with Gasteiger partial charge in [0.05, 0.1) is 5.02 Å². The molecule has 0 aliphatic heterocycles. The first-order valence-electron chi connectivity index (χ1n) is 5.52. The average molecular weight is 259 g/mol. The lowest BCUT2D eigenvalue weighted by atomic mass is 10.2. The number of hydrogen-bond donors (Lipinski definition) is 2. The van der Waals surface area contributed by atoms with E-state index in [0.717, 1.165) is 16.7 Å². The van der Waals surface area contributed by atoms with Crippen molar-refractivity contribution in [2.75, 3.05) is 5.73 Å². The molecule has 0 atom stereocenters. The molecule has 3 rings (SSSR count). The smallest absolute Gasteiger partial charge is 0.146 e. The van der Waals surface area contributed by atoms with Crippen LogP contribution >= 0.6 is 11.6 Å². The van der Waals surface area contributed by atoms with Crippen molar-refractivity contribution in [2.45, 2.75) is 0 Å². The number of hydrogen-bond acceptors (Lipinski definition) is 2. The third kappa shape index (κ3) is 2.00. The number of H-pyrrole nitrogens is 1. The second kappa shape index (κ2) is 4.27. The number of halogens is 1. The van der Waals surface area contributed by atoms with Crippen molar-refractivity contribution in [1.82, 2.24) is 4.98 Å². The number of fused-ring (bicyclic) bond motifs is 1. The summed E-state index contributed by atoms with van der Waals surface area (Å²) in [6, 6.07) is 13.0. The van der Waals surface area contributed by atoms with Crippen LogP contribution in [0.3, 0.4) is 0 Å². The van der Waals surface area contributed by atoms with Crippen LogP contribution in [-0.2, 0) is 0 Å². The van der Waals surface area contributed by atoms with Crippen molar-refractivity contribution < 1.29 is 4.74 Å². The molecule has 0 bridgehead atoms. The Labute approximate surface area is 109 Å². The van der Waals surface area contributed by atoms with E-state index >= 15 is 0 Å². The van der Waals surface area contributed by atoms with Crippen LogP contribution in [0.15, 0.2) is 48.7 Å². The fourth-order valence-corrected chi connectivity index (χ4v) is 2.05. The van der Waals surface area contributed by atoms with Gasteiger partial charge in [0.2, 0.25) is 0 Å². The first kappa shape index (κ1) is 11.0. The lowest BCUT2D eigenvalue weighted by molar-refractivity contribution is 0.484. The number of nitrogens with two attached hydrogens (primary N) is 1. The summed E-state index contributed by atoms with van der Waals surface area (Å²) in [6.45, 7) is 0. The van der Waals surface area contributed by atoms with Gasteiger partial charge in [-0.15, -0.1) is 0 Å². The van der Waals surface area contributed by atoms with E-state index in [2.05, 4.69) is 4.98 Å². The van der Waals surface area contributed by atoms with Crippen molar-refractivity contribution in [3.8, 4) is 11.5 Å². The molecule has 0 unspecified atom stereocenters. The zero-order chi connectivity index (χ0) is 12.5. The molecule has 4 heteroatoms. The summed E-state index contributed by atoms with van der Waals surface area (Å²) < 4.78 is 5.74. The minimum absolute atomic E-state index is 0.504. The van der Waals surface area contributed by atoms with E-state index in [9.17, 15) is 0 Å². The van der Waals surface area contributed by atoms with E-state index in [-0.39, 0.29) is 0 Å². The molecular weight excluding hydrogens is 248 g/mol. The van der Waals surface area contributed by atoms with Gasteiger partial charge < -0.3 is 15.5 Å². The van der Waals surface area contributed by atoms with Gasteiger partial charge in [0, 0.05) is 22.8 Å². The molecule has 0 aliphatic rings. The van der Waals surface area contributed by atoms with Crippen LogP contribution in [0.4, 0.5) is 5.69 Å². The molecule has 0 fully saturated rings. The lowest BCUT2D eigenvalue weighted by Gasteiger charge is -2.08. The quantitative estimate of drug-likeness (QED) is 0.677. The number of aromatic amines is 1. The summed E-state index contributed by atoms with van der Waals surface area (Å²) in [5, 5.41) is 1.60. The molecule has 0 radical (unpaired) electrons. The number of ether oxygens (including phenoxy) is 1. The molecule has 1 aromatic heterocycles. The molecular formula is C14H11ClN2O.